The van der Waals surface area contributed by atoms with Crippen LogP contribution in [0.25, 0.3) is 4.96 Å². The van der Waals surface area contributed by atoms with E-state index in [9.17, 15) is 12.8 Å². The lowest BCUT2D eigenvalue weighted by Crippen LogP contribution is -2.29. The summed E-state index contributed by atoms with van der Waals surface area (Å²) in [6, 6.07) is 6.20. The number of nitrogens with zero attached hydrogens (tertiary/aromatic N) is 3. The highest BCUT2D eigenvalue weighted by Gasteiger charge is 2.13. The van der Waals surface area contributed by atoms with Gasteiger partial charge in [0.05, 0.1) is 11.4 Å². The summed E-state index contributed by atoms with van der Waals surface area (Å²) in [6.45, 7) is 0.269. The van der Waals surface area contributed by atoms with Gasteiger partial charge in [-0.2, -0.15) is 5.10 Å². The lowest BCUT2D eigenvalue weighted by molar-refractivity contribution is 0.577. The molecule has 0 saturated heterocycles. The van der Waals surface area contributed by atoms with E-state index in [0.29, 0.717) is 12.0 Å². The maximum absolute atomic E-state index is 13.5. The Morgan fingerprint density at radius 2 is 2.09 bits per heavy atom. The zero-order chi connectivity index (χ0) is 16.3. The molecule has 9 heteroatoms. The molecule has 1 aromatic carbocycles. The summed E-state index contributed by atoms with van der Waals surface area (Å²) in [4.78, 5) is 4.84. The van der Waals surface area contributed by atoms with Crippen molar-refractivity contribution >= 4 is 26.3 Å². The summed E-state index contributed by atoms with van der Waals surface area (Å²) in [5.41, 5.74) is 1.30. The highest BCUT2D eigenvalue weighted by Crippen LogP contribution is 2.13. The van der Waals surface area contributed by atoms with Gasteiger partial charge in [0.15, 0.2) is 0 Å². The Morgan fingerprint density at radius 1 is 1.26 bits per heavy atom. The fraction of sp³-hybridized carbons (Fsp3) is 0.286. The molecule has 0 spiro atoms. The van der Waals surface area contributed by atoms with Gasteiger partial charge in [0.25, 0.3) is 0 Å². The van der Waals surface area contributed by atoms with E-state index in [-0.39, 0.29) is 24.5 Å². The third kappa shape index (κ3) is 3.92. The Labute approximate surface area is 137 Å². The topological polar surface area (TPSA) is 76.4 Å². The van der Waals surface area contributed by atoms with Gasteiger partial charge in [0.2, 0.25) is 15.0 Å². The van der Waals surface area contributed by atoms with Crippen molar-refractivity contribution in [3.63, 3.8) is 0 Å². The Kier molecular flexibility index (Phi) is 4.69. The molecule has 0 fully saturated rings. The van der Waals surface area contributed by atoms with Crippen molar-refractivity contribution in [3.8, 4) is 0 Å². The van der Waals surface area contributed by atoms with Crippen LogP contribution < -0.4 is 4.72 Å². The number of benzene rings is 1. The first-order valence-electron chi connectivity index (χ1n) is 7.02. The molecule has 0 aliphatic carbocycles. The molecule has 0 radical (unpaired) electrons. The van der Waals surface area contributed by atoms with Crippen LogP contribution in [0.2, 0.25) is 0 Å². The molecule has 0 amide bonds. The van der Waals surface area contributed by atoms with E-state index in [1.54, 1.807) is 22.7 Å². The maximum Gasteiger partial charge on any atom is 0.212 e. The first kappa shape index (κ1) is 16.0. The van der Waals surface area contributed by atoms with Gasteiger partial charge in [-0.1, -0.05) is 18.2 Å². The number of rotatable bonds is 7. The average Bonchev–Trinajstić information content (AvgIpc) is 3.11. The molecule has 23 heavy (non-hydrogen) atoms. The molecule has 0 atom stereocenters. The van der Waals surface area contributed by atoms with Crippen LogP contribution >= 0.6 is 11.3 Å². The largest absolute Gasteiger partial charge is 0.215 e. The summed E-state index contributed by atoms with van der Waals surface area (Å²) in [6.07, 6.45) is 2.13. The zero-order valence-electron chi connectivity index (χ0n) is 12.1. The van der Waals surface area contributed by atoms with Crippen molar-refractivity contribution in [2.75, 3.05) is 12.3 Å². The number of sulfonamides is 1. The van der Waals surface area contributed by atoms with Gasteiger partial charge in [-0.25, -0.2) is 27.0 Å². The van der Waals surface area contributed by atoms with Crippen molar-refractivity contribution < 1.29 is 12.8 Å². The van der Waals surface area contributed by atoms with Gasteiger partial charge in [-0.3, -0.25) is 0 Å². The van der Waals surface area contributed by atoms with Crippen LogP contribution in [0.4, 0.5) is 4.39 Å². The molecule has 1 N–H and O–H groups in total. The summed E-state index contributed by atoms with van der Waals surface area (Å²) in [5, 5.41) is 5.98. The predicted octanol–water partition coefficient (Wildman–Crippen LogP) is 1.63. The van der Waals surface area contributed by atoms with Crippen LogP contribution in [0.1, 0.15) is 11.3 Å². The lowest BCUT2D eigenvalue weighted by atomic mass is 10.2. The molecule has 0 unspecified atom stereocenters. The Morgan fingerprint density at radius 3 is 2.91 bits per heavy atom. The normalized spacial score (nSPS) is 12.0. The van der Waals surface area contributed by atoms with Gasteiger partial charge in [-0.15, -0.1) is 11.3 Å². The van der Waals surface area contributed by atoms with E-state index < -0.39 is 10.0 Å². The molecular formula is C14H15FN4O2S2. The van der Waals surface area contributed by atoms with Crippen LogP contribution in [-0.4, -0.2) is 35.3 Å². The molecule has 0 aliphatic heterocycles. The number of nitrogens with one attached hydrogen (secondary N) is 1. The van der Waals surface area contributed by atoms with Crippen molar-refractivity contribution in [2.24, 2.45) is 0 Å². The van der Waals surface area contributed by atoms with Gasteiger partial charge < -0.3 is 0 Å². The lowest BCUT2D eigenvalue weighted by Gasteiger charge is -2.07. The SMILES string of the molecule is O=S(=O)(CCc1ccccc1F)NCCc1csc2ncnn12. The molecule has 0 saturated carbocycles. The quantitative estimate of drug-likeness (QED) is 0.700. The van der Waals surface area contributed by atoms with E-state index in [0.717, 1.165) is 10.7 Å². The molecule has 2 heterocycles. The van der Waals surface area contributed by atoms with Crippen molar-refractivity contribution in [2.45, 2.75) is 12.8 Å². The van der Waals surface area contributed by atoms with E-state index in [1.807, 2.05) is 5.38 Å². The van der Waals surface area contributed by atoms with Crippen LogP contribution in [0, 0.1) is 5.82 Å². The van der Waals surface area contributed by atoms with Crippen molar-refractivity contribution in [1.82, 2.24) is 19.3 Å². The van der Waals surface area contributed by atoms with E-state index >= 15 is 0 Å². The van der Waals surface area contributed by atoms with Gasteiger partial charge in [0, 0.05) is 18.3 Å². The molecule has 0 aliphatic rings. The number of hydrogen-bond acceptors (Lipinski definition) is 5. The van der Waals surface area contributed by atoms with Gasteiger partial charge >= 0.3 is 0 Å². The van der Waals surface area contributed by atoms with Crippen LogP contribution in [0.3, 0.4) is 0 Å². The predicted molar refractivity (Wildman–Crippen MR) is 86.5 cm³/mol. The standard InChI is InChI=1S/C14H15FN4O2S2/c15-13-4-2-1-3-11(13)6-8-23(20,21)18-7-5-12-9-22-14-16-10-17-19(12)14/h1-4,9-10,18H,5-8H2. The number of hydrogen-bond donors (Lipinski definition) is 1. The second-order valence-corrected chi connectivity index (χ2v) is 7.75. The molecule has 0 bridgehead atoms. The fourth-order valence-electron chi connectivity index (χ4n) is 2.20. The van der Waals surface area contributed by atoms with Crippen molar-refractivity contribution in [3.05, 3.63) is 53.0 Å². The second kappa shape index (κ2) is 6.73. The van der Waals surface area contributed by atoms with E-state index in [1.165, 1.54) is 23.7 Å². The first-order chi connectivity index (χ1) is 11.1. The second-order valence-electron chi connectivity index (χ2n) is 4.99. The molecule has 3 aromatic rings. The molecule has 3 rings (SSSR count). The summed E-state index contributed by atoms with van der Waals surface area (Å²) in [7, 11) is -3.45. The monoisotopic (exact) mass is 354 g/mol. The number of thiazole rings is 1. The molecular weight excluding hydrogens is 339 g/mol. The van der Waals surface area contributed by atoms with Crippen molar-refractivity contribution in [1.29, 1.82) is 0 Å². The summed E-state index contributed by atoms with van der Waals surface area (Å²) in [5.74, 6) is -0.523. The highest BCUT2D eigenvalue weighted by atomic mass is 32.2. The van der Waals surface area contributed by atoms with Gasteiger partial charge in [-0.05, 0) is 18.1 Å². The first-order valence-corrected chi connectivity index (χ1v) is 9.55. The fourth-order valence-corrected chi connectivity index (χ4v) is 4.07. The minimum absolute atomic E-state index is 0.143. The van der Waals surface area contributed by atoms with E-state index in [4.69, 9.17) is 0 Å². The number of fused-ring (bicyclic) bond motifs is 1. The molecule has 122 valence electrons. The smallest absolute Gasteiger partial charge is 0.212 e. The highest BCUT2D eigenvalue weighted by molar-refractivity contribution is 7.89. The molecule has 6 nitrogen and oxygen atoms in total. The van der Waals surface area contributed by atoms with Crippen LogP contribution in [0.5, 0.6) is 0 Å². The van der Waals surface area contributed by atoms with E-state index in [2.05, 4.69) is 14.8 Å². The maximum atomic E-state index is 13.5. The van der Waals surface area contributed by atoms with Gasteiger partial charge in [0.1, 0.15) is 12.1 Å². The third-order valence-electron chi connectivity index (χ3n) is 3.39. The number of aromatic nitrogens is 3. The minimum atomic E-state index is -3.45. The average molecular weight is 354 g/mol. The zero-order valence-corrected chi connectivity index (χ0v) is 13.8. The minimum Gasteiger partial charge on any atom is -0.215 e. The number of aryl methyl sites for hydroxylation is 1. The Hall–Kier alpha value is -1.84. The van der Waals surface area contributed by atoms with Crippen LogP contribution in [-0.2, 0) is 22.9 Å². The Balaban J connectivity index is 1.53. The van der Waals surface area contributed by atoms with Crippen LogP contribution in [0.15, 0.2) is 36.0 Å². The summed E-state index contributed by atoms with van der Waals surface area (Å²) < 4.78 is 41.7. The molecule has 2 aromatic heterocycles. The number of halogens is 1. The summed E-state index contributed by atoms with van der Waals surface area (Å²) >= 11 is 1.46. The third-order valence-corrected chi connectivity index (χ3v) is 5.65. The Bertz CT molecular complexity index is 904.